The summed E-state index contributed by atoms with van der Waals surface area (Å²) in [6.45, 7) is 2.22. The lowest BCUT2D eigenvalue weighted by Crippen LogP contribution is -2.05. The summed E-state index contributed by atoms with van der Waals surface area (Å²) in [5, 5.41) is 2.93. The van der Waals surface area contributed by atoms with Crippen molar-refractivity contribution in [2.24, 2.45) is 0 Å². The van der Waals surface area contributed by atoms with Gasteiger partial charge in [-0.25, -0.2) is 4.98 Å². The highest BCUT2D eigenvalue weighted by atomic mass is 32.2. The van der Waals surface area contributed by atoms with Gasteiger partial charge in [0.05, 0.1) is 12.3 Å². The van der Waals surface area contributed by atoms with Crippen LogP contribution in [0.5, 0.6) is 5.88 Å². The molecule has 0 aliphatic rings. The monoisotopic (exact) mass is 312 g/mol. The van der Waals surface area contributed by atoms with Crippen LogP contribution < -0.4 is 15.8 Å². The van der Waals surface area contributed by atoms with Gasteiger partial charge in [0.25, 0.3) is 5.76 Å². The van der Waals surface area contributed by atoms with E-state index in [0.717, 1.165) is 0 Å². The number of anilines is 3. The molecule has 2 rings (SSSR count). The molecule has 0 spiro atoms. The zero-order valence-electron chi connectivity index (χ0n) is 11.2. The molecule has 112 valence electrons. The fraction of sp³-hybridized carbons (Fsp3) is 0.231. The molecular weight excluding hydrogens is 298 g/mol. The van der Waals surface area contributed by atoms with Gasteiger partial charge < -0.3 is 15.8 Å². The predicted octanol–water partition coefficient (Wildman–Crippen LogP) is 3.52. The molecule has 0 fully saturated rings. The first-order chi connectivity index (χ1) is 10.1. The molecule has 3 N–H and O–H groups in total. The van der Waals surface area contributed by atoms with E-state index in [0.29, 0.717) is 34.8 Å². The summed E-state index contributed by atoms with van der Waals surface area (Å²) in [5.41, 5.74) is 6.63. The van der Waals surface area contributed by atoms with Crippen LogP contribution in [0.3, 0.4) is 0 Å². The van der Waals surface area contributed by atoms with Gasteiger partial charge in [-0.2, -0.15) is 13.8 Å². The Kier molecular flexibility index (Phi) is 5.15. The Morgan fingerprint density at radius 1 is 1.33 bits per heavy atom. The van der Waals surface area contributed by atoms with Crippen molar-refractivity contribution in [2.75, 3.05) is 17.7 Å². The summed E-state index contributed by atoms with van der Waals surface area (Å²) in [7, 11) is 0. The number of alkyl halides is 2. The number of para-hydroxylation sites is 1. The lowest BCUT2D eigenvalue weighted by Gasteiger charge is -2.13. The van der Waals surface area contributed by atoms with E-state index in [1.54, 1.807) is 24.3 Å². The van der Waals surface area contributed by atoms with Crippen molar-refractivity contribution in [1.82, 2.24) is 9.97 Å². The number of halogens is 2. The van der Waals surface area contributed by atoms with Gasteiger partial charge in [0.1, 0.15) is 12.0 Å². The molecule has 0 saturated heterocycles. The van der Waals surface area contributed by atoms with Gasteiger partial charge in [-0.3, -0.25) is 0 Å². The van der Waals surface area contributed by atoms with Crippen molar-refractivity contribution < 1.29 is 13.5 Å². The zero-order chi connectivity index (χ0) is 15.2. The van der Waals surface area contributed by atoms with E-state index in [1.807, 2.05) is 6.92 Å². The highest BCUT2D eigenvalue weighted by molar-refractivity contribution is 7.99. The number of benzene rings is 1. The molecule has 2 aromatic rings. The Morgan fingerprint density at radius 2 is 2.10 bits per heavy atom. The van der Waals surface area contributed by atoms with Crippen molar-refractivity contribution in [2.45, 2.75) is 17.6 Å². The number of nitrogens with two attached hydrogens (primary N) is 1. The average molecular weight is 312 g/mol. The Morgan fingerprint density at radius 3 is 2.81 bits per heavy atom. The number of hydrogen-bond donors (Lipinski definition) is 2. The number of aromatic nitrogens is 2. The Bertz CT molecular complexity index is 612. The maximum absolute atomic E-state index is 12.5. The molecule has 0 aliphatic carbocycles. The standard InChI is InChI=1S/C13H14F2N4OS/c1-2-20-12-10(16)11(17-7-18-12)19-8-5-3-4-6-9(8)21-13(14)15/h3-7,13H,2,16H2,1H3,(H,17,18,19). The van der Waals surface area contributed by atoms with Gasteiger partial charge in [-0.05, 0) is 19.1 Å². The van der Waals surface area contributed by atoms with E-state index in [1.165, 1.54) is 6.33 Å². The first-order valence-electron chi connectivity index (χ1n) is 6.16. The van der Waals surface area contributed by atoms with Crippen LogP contribution in [0.1, 0.15) is 6.92 Å². The number of rotatable bonds is 6. The van der Waals surface area contributed by atoms with Gasteiger partial charge in [-0.1, -0.05) is 23.9 Å². The van der Waals surface area contributed by atoms with Crippen LogP contribution >= 0.6 is 11.8 Å². The molecule has 1 aromatic heterocycles. The fourth-order valence-electron chi connectivity index (χ4n) is 1.63. The minimum Gasteiger partial charge on any atom is -0.476 e. The van der Waals surface area contributed by atoms with Gasteiger partial charge in [0.15, 0.2) is 5.82 Å². The van der Waals surface area contributed by atoms with E-state index < -0.39 is 5.76 Å². The van der Waals surface area contributed by atoms with Gasteiger partial charge >= 0.3 is 0 Å². The quantitative estimate of drug-likeness (QED) is 0.795. The SMILES string of the molecule is CCOc1ncnc(Nc2ccccc2SC(F)F)c1N. The summed E-state index contributed by atoms with van der Waals surface area (Å²) in [4.78, 5) is 8.34. The highest BCUT2D eigenvalue weighted by Crippen LogP contribution is 2.35. The third kappa shape index (κ3) is 3.94. The van der Waals surface area contributed by atoms with Crippen LogP contribution in [-0.4, -0.2) is 22.3 Å². The van der Waals surface area contributed by atoms with Crippen molar-refractivity contribution in [3.63, 3.8) is 0 Å². The fourth-order valence-corrected chi connectivity index (χ4v) is 2.22. The van der Waals surface area contributed by atoms with Crippen LogP contribution in [0.25, 0.3) is 0 Å². The third-order valence-corrected chi connectivity index (χ3v) is 3.27. The van der Waals surface area contributed by atoms with Crippen LogP contribution in [0, 0.1) is 0 Å². The summed E-state index contributed by atoms with van der Waals surface area (Å²) < 4.78 is 30.4. The number of thioether (sulfide) groups is 1. The van der Waals surface area contributed by atoms with E-state index in [9.17, 15) is 8.78 Å². The minimum absolute atomic E-state index is 0.233. The van der Waals surface area contributed by atoms with Crippen molar-refractivity contribution >= 4 is 29.0 Å². The summed E-state index contributed by atoms with van der Waals surface area (Å²) in [6.07, 6.45) is 1.30. The number of nitrogens with zero attached hydrogens (tertiary/aromatic N) is 2. The highest BCUT2D eigenvalue weighted by Gasteiger charge is 2.13. The maximum Gasteiger partial charge on any atom is 0.288 e. The van der Waals surface area contributed by atoms with Crippen molar-refractivity contribution in [1.29, 1.82) is 0 Å². The van der Waals surface area contributed by atoms with Crippen molar-refractivity contribution in [3.8, 4) is 5.88 Å². The molecule has 0 aliphatic heterocycles. The maximum atomic E-state index is 12.5. The minimum atomic E-state index is -2.50. The molecule has 8 heteroatoms. The van der Waals surface area contributed by atoms with Gasteiger partial charge in [0.2, 0.25) is 5.88 Å². The topological polar surface area (TPSA) is 73.1 Å². The molecular formula is C13H14F2N4OS. The smallest absolute Gasteiger partial charge is 0.288 e. The molecule has 1 aromatic carbocycles. The molecule has 0 saturated carbocycles. The summed E-state index contributed by atoms with van der Waals surface area (Å²) >= 11 is 0.453. The zero-order valence-corrected chi connectivity index (χ0v) is 12.0. The van der Waals surface area contributed by atoms with Crippen molar-refractivity contribution in [3.05, 3.63) is 30.6 Å². The molecule has 0 radical (unpaired) electrons. The Labute approximate surface area is 124 Å². The second-order valence-corrected chi connectivity index (χ2v) is 4.91. The van der Waals surface area contributed by atoms with Crippen LogP contribution in [0.4, 0.5) is 26.0 Å². The van der Waals surface area contributed by atoms with E-state index >= 15 is 0 Å². The second-order valence-electron chi connectivity index (χ2n) is 3.87. The summed E-state index contributed by atoms with van der Waals surface area (Å²) in [6, 6.07) is 6.69. The molecule has 0 unspecified atom stereocenters. The normalized spacial score (nSPS) is 10.7. The first-order valence-corrected chi connectivity index (χ1v) is 7.04. The van der Waals surface area contributed by atoms with E-state index in [-0.39, 0.29) is 11.6 Å². The molecule has 0 amide bonds. The number of nitrogen functional groups attached to an aromatic ring is 1. The second kappa shape index (κ2) is 7.07. The van der Waals surface area contributed by atoms with Crippen LogP contribution in [-0.2, 0) is 0 Å². The Balaban J connectivity index is 2.28. The number of nitrogens with one attached hydrogen (secondary N) is 1. The lowest BCUT2D eigenvalue weighted by atomic mass is 10.3. The number of ether oxygens (including phenoxy) is 1. The molecule has 0 atom stereocenters. The van der Waals surface area contributed by atoms with Gasteiger partial charge in [0, 0.05) is 4.90 Å². The van der Waals surface area contributed by atoms with E-state index in [2.05, 4.69) is 15.3 Å². The first kappa shape index (κ1) is 15.3. The molecule has 1 heterocycles. The van der Waals surface area contributed by atoms with Crippen LogP contribution in [0.2, 0.25) is 0 Å². The summed E-state index contributed by atoms with van der Waals surface area (Å²) in [5.74, 6) is -1.93. The van der Waals surface area contributed by atoms with Crippen LogP contribution in [0.15, 0.2) is 35.5 Å². The average Bonchev–Trinajstić information content (AvgIpc) is 2.45. The third-order valence-electron chi connectivity index (χ3n) is 2.48. The molecule has 21 heavy (non-hydrogen) atoms. The van der Waals surface area contributed by atoms with E-state index in [4.69, 9.17) is 10.5 Å². The molecule has 0 bridgehead atoms. The lowest BCUT2D eigenvalue weighted by molar-refractivity contribution is 0.252. The molecule has 5 nitrogen and oxygen atoms in total. The predicted molar refractivity (Wildman–Crippen MR) is 79.2 cm³/mol. The number of hydrogen-bond acceptors (Lipinski definition) is 6. The van der Waals surface area contributed by atoms with Gasteiger partial charge in [-0.15, -0.1) is 0 Å². The largest absolute Gasteiger partial charge is 0.476 e. The Hall–Kier alpha value is -2.09.